The second-order valence-corrected chi connectivity index (χ2v) is 3.88. The summed E-state index contributed by atoms with van der Waals surface area (Å²) >= 11 is 6.12. The average molecular weight is 244 g/mol. The van der Waals surface area contributed by atoms with Crippen molar-refractivity contribution in [1.82, 2.24) is 4.98 Å². The molecule has 2 N–H and O–H groups in total. The van der Waals surface area contributed by atoms with E-state index in [0.717, 1.165) is 24.5 Å². The van der Waals surface area contributed by atoms with E-state index in [1.54, 1.807) is 6.20 Å². The number of ether oxygens (including phenoxy) is 1. The van der Waals surface area contributed by atoms with E-state index >= 15 is 0 Å². The zero-order valence-corrected chi connectivity index (χ0v) is 10.5. The van der Waals surface area contributed by atoms with Crippen molar-refractivity contribution in [2.24, 2.45) is 5.73 Å². The fraction of sp³-hybridized carbons (Fsp3) is 0.545. The van der Waals surface area contributed by atoms with Crippen molar-refractivity contribution in [1.29, 1.82) is 0 Å². The molecular formula is C11H18ClN3O. The Kier molecular flexibility index (Phi) is 5.52. The zero-order chi connectivity index (χ0) is 12.0. The molecule has 0 saturated heterocycles. The number of hydrogen-bond acceptors (Lipinski definition) is 4. The first-order valence-corrected chi connectivity index (χ1v) is 5.70. The van der Waals surface area contributed by atoms with Crippen LogP contribution in [0.3, 0.4) is 0 Å². The van der Waals surface area contributed by atoms with E-state index in [1.807, 2.05) is 24.9 Å². The summed E-state index contributed by atoms with van der Waals surface area (Å²) in [5.41, 5.74) is 6.45. The van der Waals surface area contributed by atoms with Crippen molar-refractivity contribution < 1.29 is 4.74 Å². The van der Waals surface area contributed by atoms with E-state index in [1.165, 1.54) is 0 Å². The summed E-state index contributed by atoms with van der Waals surface area (Å²) in [5, 5.41) is 0.627. The lowest BCUT2D eigenvalue weighted by Crippen LogP contribution is -2.24. The highest BCUT2D eigenvalue weighted by atomic mass is 35.5. The summed E-state index contributed by atoms with van der Waals surface area (Å²) in [6.45, 7) is 4.59. The number of nitrogens with two attached hydrogens (primary N) is 1. The number of pyridine rings is 1. The number of likely N-dealkylation sites (N-methyl/N-ethyl adjacent to an activating group) is 1. The van der Waals surface area contributed by atoms with Gasteiger partial charge in [-0.15, -0.1) is 0 Å². The van der Waals surface area contributed by atoms with Crippen molar-refractivity contribution in [2.45, 2.75) is 13.5 Å². The van der Waals surface area contributed by atoms with Gasteiger partial charge in [-0.1, -0.05) is 11.6 Å². The van der Waals surface area contributed by atoms with Gasteiger partial charge in [-0.3, -0.25) is 0 Å². The Morgan fingerprint density at radius 2 is 2.31 bits per heavy atom. The summed E-state index contributed by atoms with van der Waals surface area (Å²) in [6, 6.07) is 1.85. The molecule has 1 rings (SSSR count). The number of anilines is 1. The van der Waals surface area contributed by atoms with E-state index < -0.39 is 0 Å². The molecule has 90 valence electrons. The number of aromatic nitrogens is 1. The smallest absolute Gasteiger partial charge is 0.147 e. The standard InChI is InChI=1S/C11H18ClN3O/c1-3-16-5-4-15(2)11-10(12)6-9(7-13)8-14-11/h6,8H,3-5,7,13H2,1-2H3. The first-order valence-electron chi connectivity index (χ1n) is 5.32. The van der Waals surface area contributed by atoms with E-state index in [-0.39, 0.29) is 0 Å². The van der Waals surface area contributed by atoms with Crippen LogP contribution in [0.2, 0.25) is 5.02 Å². The molecule has 0 aromatic carbocycles. The van der Waals surface area contributed by atoms with Gasteiger partial charge in [0, 0.05) is 32.9 Å². The molecular weight excluding hydrogens is 226 g/mol. The number of rotatable bonds is 6. The minimum Gasteiger partial charge on any atom is -0.380 e. The van der Waals surface area contributed by atoms with Crippen molar-refractivity contribution >= 4 is 17.4 Å². The lowest BCUT2D eigenvalue weighted by Gasteiger charge is -2.19. The fourth-order valence-corrected chi connectivity index (χ4v) is 1.65. The minimum atomic E-state index is 0.454. The van der Waals surface area contributed by atoms with Crippen LogP contribution in [0.25, 0.3) is 0 Å². The van der Waals surface area contributed by atoms with E-state index in [9.17, 15) is 0 Å². The second kappa shape index (κ2) is 6.68. The third kappa shape index (κ3) is 3.63. The minimum absolute atomic E-state index is 0.454. The van der Waals surface area contributed by atoms with Gasteiger partial charge in [0.05, 0.1) is 11.6 Å². The summed E-state index contributed by atoms with van der Waals surface area (Å²) < 4.78 is 5.28. The van der Waals surface area contributed by atoms with Gasteiger partial charge in [-0.2, -0.15) is 0 Å². The van der Waals surface area contributed by atoms with Crippen LogP contribution >= 0.6 is 11.6 Å². The molecule has 0 aliphatic rings. The van der Waals surface area contributed by atoms with Crippen LogP contribution in [0.1, 0.15) is 12.5 Å². The molecule has 4 nitrogen and oxygen atoms in total. The van der Waals surface area contributed by atoms with Crippen LogP contribution in [0.5, 0.6) is 0 Å². The SMILES string of the molecule is CCOCCN(C)c1ncc(CN)cc1Cl. The molecule has 16 heavy (non-hydrogen) atoms. The Hall–Kier alpha value is -0.840. The summed E-state index contributed by atoms with van der Waals surface area (Å²) in [7, 11) is 1.94. The van der Waals surface area contributed by atoms with Crippen molar-refractivity contribution in [3.63, 3.8) is 0 Å². The van der Waals surface area contributed by atoms with Crippen molar-refractivity contribution in [2.75, 3.05) is 31.7 Å². The molecule has 1 aromatic heterocycles. The maximum atomic E-state index is 6.12. The van der Waals surface area contributed by atoms with Gasteiger partial charge in [0.25, 0.3) is 0 Å². The van der Waals surface area contributed by atoms with Crippen molar-refractivity contribution in [3.8, 4) is 0 Å². The highest BCUT2D eigenvalue weighted by molar-refractivity contribution is 6.33. The maximum absolute atomic E-state index is 6.12. The quantitative estimate of drug-likeness (QED) is 0.773. The van der Waals surface area contributed by atoms with Crippen molar-refractivity contribution in [3.05, 3.63) is 22.8 Å². The van der Waals surface area contributed by atoms with Crippen LogP contribution in [0.15, 0.2) is 12.3 Å². The number of nitrogens with zero attached hydrogens (tertiary/aromatic N) is 2. The van der Waals surface area contributed by atoms with Gasteiger partial charge in [-0.25, -0.2) is 4.98 Å². The summed E-state index contributed by atoms with van der Waals surface area (Å²) in [4.78, 5) is 6.26. The normalized spacial score (nSPS) is 10.5. The van der Waals surface area contributed by atoms with E-state index in [4.69, 9.17) is 22.1 Å². The predicted octanol–water partition coefficient (Wildman–Crippen LogP) is 1.67. The first-order chi connectivity index (χ1) is 7.69. The summed E-state index contributed by atoms with van der Waals surface area (Å²) in [6.07, 6.45) is 1.75. The van der Waals surface area contributed by atoms with Gasteiger partial charge in [0.15, 0.2) is 0 Å². The number of hydrogen-bond donors (Lipinski definition) is 1. The second-order valence-electron chi connectivity index (χ2n) is 3.47. The molecule has 0 amide bonds. The lowest BCUT2D eigenvalue weighted by molar-refractivity contribution is 0.154. The lowest BCUT2D eigenvalue weighted by atomic mass is 10.3. The Balaban J connectivity index is 2.64. The van der Waals surface area contributed by atoms with Gasteiger partial charge in [0.2, 0.25) is 0 Å². The van der Waals surface area contributed by atoms with Gasteiger partial charge in [0.1, 0.15) is 5.82 Å². The van der Waals surface area contributed by atoms with Gasteiger partial charge in [-0.05, 0) is 18.6 Å². The fourth-order valence-electron chi connectivity index (χ4n) is 1.31. The first kappa shape index (κ1) is 13.2. The topological polar surface area (TPSA) is 51.4 Å². The average Bonchev–Trinajstić information content (AvgIpc) is 2.29. The predicted molar refractivity (Wildman–Crippen MR) is 66.9 cm³/mol. The molecule has 0 spiro atoms. The Bertz CT molecular complexity index is 333. The third-order valence-corrected chi connectivity index (χ3v) is 2.53. The largest absolute Gasteiger partial charge is 0.380 e. The highest BCUT2D eigenvalue weighted by Crippen LogP contribution is 2.22. The van der Waals surface area contributed by atoms with E-state index in [0.29, 0.717) is 18.2 Å². The molecule has 0 saturated carbocycles. The van der Waals surface area contributed by atoms with Gasteiger partial charge < -0.3 is 15.4 Å². The molecule has 1 heterocycles. The molecule has 5 heteroatoms. The highest BCUT2D eigenvalue weighted by Gasteiger charge is 2.07. The molecule has 0 fully saturated rings. The van der Waals surface area contributed by atoms with Crippen LogP contribution in [-0.4, -0.2) is 31.8 Å². The number of halogens is 1. The van der Waals surface area contributed by atoms with Crippen LogP contribution in [0.4, 0.5) is 5.82 Å². The molecule has 1 aromatic rings. The van der Waals surface area contributed by atoms with Crippen LogP contribution < -0.4 is 10.6 Å². The Morgan fingerprint density at radius 1 is 1.56 bits per heavy atom. The molecule has 0 aliphatic heterocycles. The molecule has 0 bridgehead atoms. The molecule has 0 unspecified atom stereocenters. The third-order valence-electron chi connectivity index (χ3n) is 2.25. The molecule has 0 aliphatic carbocycles. The Morgan fingerprint density at radius 3 is 2.88 bits per heavy atom. The molecule has 0 radical (unpaired) electrons. The maximum Gasteiger partial charge on any atom is 0.147 e. The molecule has 0 atom stereocenters. The van der Waals surface area contributed by atoms with E-state index in [2.05, 4.69) is 4.98 Å². The van der Waals surface area contributed by atoms with Gasteiger partial charge >= 0.3 is 0 Å². The Labute approximate surface area is 101 Å². The monoisotopic (exact) mass is 243 g/mol. The van der Waals surface area contributed by atoms with Crippen LogP contribution in [0, 0.1) is 0 Å². The van der Waals surface area contributed by atoms with Crippen LogP contribution in [-0.2, 0) is 11.3 Å². The summed E-state index contributed by atoms with van der Waals surface area (Å²) in [5.74, 6) is 0.763. The zero-order valence-electron chi connectivity index (χ0n) is 9.74.